The molecule has 2 N–H and O–H groups in total. The molecule has 3 rings (SSSR count). The number of anilines is 3. The van der Waals surface area contributed by atoms with Gasteiger partial charge in [0, 0.05) is 30.5 Å². The lowest BCUT2D eigenvalue weighted by Crippen LogP contribution is -2.44. The Balaban J connectivity index is 1.56. The van der Waals surface area contributed by atoms with Crippen molar-refractivity contribution in [3.63, 3.8) is 0 Å². The molecule has 0 saturated heterocycles. The zero-order chi connectivity index (χ0) is 21.5. The lowest BCUT2D eigenvalue weighted by Gasteiger charge is -2.31. The Morgan fingerprint density at radius 2 is 1.63 bits per heavy atom. The molecule has 0 saturated carbocycles. The van der Waals surface area contributed by atoms with Crippen molar-refractivity contribution in [2.75, 3.05) is 41.7 Å². The van der Waals surface area contributed by atoms with E-state index in [4.69, 9.17) is 0 Å². The molecule has 0 bridgehead atoms. The molecule has 3 amide bonds. The predicted octanol–water partition coefficient (Wildman–Crippen LogP) is 2.88. The van der Waals surface area contributed by atoms with Crippen molar-refractivity contribution < 1.29 is 14.4 Å². The van der Waals surface area contributed by atoms with Crippen molar-refractivity contribution >= 4 is 34.8 Å². The van der Waals surface area contributed by atoms with Crippen LogP contribution < -0.4 is 15.5 Å². The van der Waals surface area contributed by atoms with Gasteiger partial charge in [0.1, 0.15) is 0 Å². The van der Waals surface area contributed by atoms with Crippen molar-refractivity contribution in [3.8, 4) is 0 Å². The minimum atomic E-state index is -0.184. The van der Waals surface area contributed by atoms with E-state index in [-0.39, 0.29) is 30.8 Å². The molecule has 0 unspecified atom stereocenters. The zero-order valence-corrected chi connectivity index (χ0v) is 17.5. The lowest BCUT2D eigenvalue weighted by atomic mass is 10.0. The number of para-hydroxylation sites is 1. The summed E-state index contributed by atoms with van der Waals surface area (Å²) in [4.78, 5) is 40.1. The molecule has 2 aromatic carbocycles. The third kappa shape index (κ3) is 5.67. The van der Waals surface area contributed by atoms with Gasteiger partial charge in [-0.1, -0.05) is 25.1 Å². The molecule has 2 aromatic rings. The van der Waals surface area contributed by atoms with E-state index in [9.17, 15) is 14.4 Å². The van der Waals surface area contributed by atoms with Crippen LogP contribution in [0.15, 0.2) is 48.5 Å². The predicted molar refractivity (Wildman–Crippen MR) is 119 cm³/mol. The monoisotopic (exact) mass is 408 g/mol. The number of hydrogen-bond donors (Lipinski definition) is 2. The summed E-state index contributed by atoms with van der Waals surface area (Å²) in [5.41, 5.74) is 3.48. The van der Waals surface area contributed by atoms with E-state index < -0.39 is 0 Å². The number of likely N-dealkylation sites (N-methyl/N-ethyl adjacent to an activating group) is 1. The van der Waals surface area contributed by atoms with Gasteiger partial charge in [-0.15, -0.1) is 0 Å². The van der Waals surface area contributed by atoms with E-state index in [1.165, 1.54) is 12.5 Å². The van der Waals surface area contributed by atoms with Crippen LogP contribution in [0.3, 0.4) is 0 Å². The van der Waals surface area contributed by atoms with Gasteiger partial charge in [-0.2, -0.15) is 0 Å². The van der Waals surface area contributed by atoms with Crippen LogP contribution in [0.2, 0.25) is 0 Å². The molecule has 0 fully saturated rings. The van der Waals surface area contributed by atoms with E-state index in [0.29, 0.717) is 24.5 Å². The van der Waals surface area contributed by atoms with Gasteiger partial charge in [0.2, 0.25) is 17.7 Å². The molecular weight excluding hydrogens is 380 g/mol. The number of amides is 3. The van der Waals surface area contributed by atoms with E-state index in [0.717, 1.165) is 18.5 Å². The second-order valence-electron chi connectivity index (χ2n) is 7.39. The van der Waals surface area contributed by atoms with Gasteiger partial charge < -0.3 is 15.5 Å². The molecule has 0 atom stereocenters. The largest absolute Gasteiger partial charge is 0.326 e. The summed E-state index contributed by atoms with van der Waals surface area (Å²) in [6, 6.07) is 14.9. The first kappa shape index (κ1) is 21.5. The molecule has 1 heterocycles. The number of aryl methyl sites for hydroxylation is 1. The minimum Gasteiger partial charge on any atom is -0.326 e. The number of nitrogens with one attached hydrogen (secondary N) is 2. The summed E-state index contributed by atoms with van der Waals surface area (Å²) in [5.74, 6) is -0.321. The Kier molecular flexibility index (Phi) is 7.19. The van der Waals surface area contributed by atoms with Crippen LogP contribution in [0.25, 0.3) is 0 Å². The molecule has 0 radical (unpaired) electrons. The molecular formula is C23H28N4O3. The van der Waals surface area contributed by atoms with Crippen molar-refractivity contribution in [3.05, 3.63) is 54.1 Å². The summed E-state index contributed by atoms with van der Waals surface area (Å²) in [6.07, 6.45) is 1.93. The summed E-state index contributed by atoms with van der Waals surface area (Å²) in [7, 11) is 0. The maximum Gasteiger partial charge on any atom is 0.241 e. The molecule has 30 heavy (non-hydrogen) atoms. The quantitative estimate of drug-likeness (QED) is 0.738. The highest BCUT2D eigenvalue weighted by molar-refractivity contribution is 5.97. The molecule has 1 aliphatic heterocycles. The molecule has 158 valence electrons. The van der Waals surface area contributed by atoms with E-state index >= 15 is 0 Å². The van der Waals surface area contributed by atoms with Crippen LogP contribution in [0.4, 0.5) is 17.1 Å². The Labute approximate surface area is 177 Å². The third-order valence-corrected chi connectivity index (χ3v) is 5.07. The second-order valence-corrected chi connectivity index (χ2v) is 7.39. The first-order valence-corrected chi connectivity index (χ1v) is 10.2. The first-order chi connectivity index (χ1) is 14.5. The Morgan fingerprint density at radius 3 is 2.30 bits per heavy atom. The highest BCUT2D eigenvalue weighted by atomic mass is 16.2. The lowest BCUT2D eigenvalue weighted by molar-refractivity contribution is -0.121. The van der Waals surface area contributed by atoms with Gasteiger partial charge in [0.25, 0.3) is 0 Å². The fraction of sp³-hybridized carbons (Fsp3) is 0.348. The maximum atomic E-state index is 12.9. The van der Waals surface area contributed by atoms with Crippen LogP contribution in [0.1, 0.15) is 25.8 Å². The van der Waals surface area contributed by atoms with Crippen LogP contribution >= 0.6 is 0 Å². The Morgan fingerprint density at radius 1 is 0.967 bits per heavy atom. The second kappa shape index (κ2) is 10.0. The molecule has 0 aromatic heterocycles. The van der Waals surface area contributed by atoms with Crippen molar-refractivity contribution in [2.24, 2.45) is 0 Å². The number of carbonyl (C=O) groups is 3. The Bertz CT molecular complexity index is 911. The highest BCUT2D eigenvalue weighted by Gasteiger charge is 2.24. The Hall–Kier alpha value is -3.19. The van der Waals surface area contributed by atoms with Crippen LogP contribution in [0.5, 0.6) is 0 Å². The first-order valence-electron chi connectivity index (χ1n) is 10.2. The van der Waals surface area contributed by atoms with Crippen molar-refractivity contribution in [1.82, 2.24) is 4.90 Å². The smallest absolute Gasteiger partial charge is 0.241 e. The summed E-state index contributed by atoms with van der Waals surface area (Å²) in [6.45, 7) is 5.01. The molecule has 7 nitrogen and oxygen atoms in total. The number of rotatable bonds is 7. The van der Waals surface area contributed by atoms with Gasteiger partial charge in [-0.25, -0.2) is 0 Å². The third-order valence-electron chi connectivity index (χ3n) is 5.07. The van der Waals surface area contributed by atoms with Gasteiger partial charge in [0.15, 0.2) is 0 Å². The minimum absolute atomic E-state index is 0.0106. The van der Waals surface area contributed by atoms with E-state index in [1.54, 1.807) is 24.3 Å². The molecule has 7 heteroatoms. The summed E-state index contributed by atoms with van der Waals surface area (Å²) < 4.78 is 0. The van der Waals surface area contributed by atoms with E-state index in [2.05, 4.69) is 16.7 Å². The van der Waals surface area contributed by atoms with Gasteiger partial charge in [-0.3, -0.25) is 19.3 Å². The van der Waals surface area contributed by atoms with Crippen LogP contribution in [-0.2, 0) is 20.8 Å². The number of fused-ring (bicyclic) bond motifs is 1. The van der Waals surface area contributed by atoms with Gasteiger partial charge in [-0.05, 0) is 55.3 Å². The summed E-state index contributed by atoms with van der Waals surface area (Å²) >= 11 is 0. The maximum absolute atomic E-state index is 12.9. The zero-order valence-electron chi connectivity index (χ0n) is 17.5. The van der Waals surface area contributed by atoms with Gasteiger partial charge in [0.05, 0.1) is 13.1 Å². The topological polar surface area (TPSA) is 81.8 Å². The number of carbonyl (C=O) groups excluding carboxylic acids is 3. The fourth-order valence-electron chi connectivity index (χ4n) is 3.59. The van der Waals surface area contributed by atoms with Crippen LogP contribution in [-0.4, -0.2) is 48.8 Å². The van der Waals surface area contributed by atoms with Crippen molar-refractivity contribution in [1.29, 1.82) is 0 Å². The summed E-state index contributed by atoms with van der Waals surface area (Å²) in [5, 5.41) is 5.52. The molecule has 0 spiro atoms. The average Bonchev–Trinajstić information content (AvgIpc) is 2.73. The SMILES string of the molecule is CCN(CC(=O)Nc1ccc(NC(C)=O)cc1)CC(=O)N1CCCc2ccccc21. The normalized spacial score (nSPS) is 13.0. The number of benzene rings is 2. The van der Waals surface area contributed by atoms with Gasteiger partial charge >= 0.3 is 0 Å². The number of nitrogens with zero attached hydrogens (tertiary/aromatic N) is 2. The standard InChI is InChI=1S/C23H28N4O3/c1-3-26(15-22(29)25-20-12-10-19(11-13-20)24-17(2)28)16-23(30)27-14-6-8-18-7-4-5-9-21(18)27/h4-5,7,9-13H,3,6,8,14-16H2,1-2H3,(H,24,28)(H,25,29). The van der Waals surface area contributed by atoms with Crippen molar-refractivity contribution in [2.45, 2.75) is 26.7 Å². The highest BCUT2D eigenvalue weighted by Crippen LogP contribution is 2.26. The molecule has 0 aliphatic carbocycles. The number of hydrogen-bond acceptors (Lipinski definition) is 4. The van der Waals surface area contributed by atoms with E-state index in [1.807, 2.05) is 34.9 Å². The average molecular weight is 409 g/mol. The molecule has 1 aliphatic rings. The van der Waals surface area contributed by atoms with Crippen LogP contribution in [0, 0.1) is 0 Å². The fourth-order valence-corrected chi connectivity index (χ4v) is 3.59.